The number of hydrogen-bond acceptors (Lipinski definition) is 2. The van der Waals surface area contributed by atoms with Crippen LogP contribution in [0.5, 0.6) is 0 Å². The number of carbonyl (C=O) groups excluding carboxylic acids is 1. The smallest absolute Gasteiger partial charge is 0.315 e. The molecular weight excluding hydrogens is 288 g/mol. The molecule has 1 heterocycles. The van der Waals surface area contributed by atoms with Gasteiger partial charge in [0.1, 0.15) is 0 Å². The number of fused-ring (bicyclic) bond motifs is 1. The van der Waals surface area contributed by atoms with Crippen molar-refractivity contribution in [2.45, 2.75) is 63.6 Å². The molecule has 0 spiro atoms. The Balaban J connectivity index is 1.25. The summed E-state index contributed by atoms with van der Waals surface area (Å²) in [5.41, 5.74) is 4.14. The van der Waals surface area contributed by atoms with Gasteiger partial charge in [-0.15, -0.1) is 0 Å². The fraction of sp³-hybridized carbons (Fsp3) is 0.632. The van der Waals surface area contributed by atoms with Crippen molar-refractivity contribution in [1.82, 2.24) is 10.6 Å². The van der Waals surface area contributed by atoms with Crippen LogP contribution in [-0.2, 0) is 24.1 Å². The summed E-state index contributed by atoms with van der Waals surface area (Å²) in [7, 11) is 0. The van der Waals surface area contributed by atoms with Crippen LogP contribution in [0.25, 0.3) is 0 Å². The minimum atomic E-state index is -0.0491. The van der Waals surface area contributed by atoms with Crippen molar-refractivity contribution in [3.63, 3.8) is 0 Å². The largest absolute Gasteiger partial charge is 0.378 e. The van der Waals surface area contributed by atoms with Crippen LogP contribution in [0.1, 0.15) is 48.8 Å². The van der Waals surface area contributed by atoms with Crippen molar-refractivity contribution in [3.8, 4) is 0 Å². The first-order chi connectivity index (χ1) is 11.3. The number of nitrogens with one attached hydrogen (secondary N) is 2. The Hall–Kier alpha value is -1.55. The highest BCUT2D eigenvalue weighted by Gasteiger charge is 2.36. The quantitative estimate of drug-likeness (QED) is 0.898. The van der Waals surface area contributed by atoms with Gasteiger partial charge in [0.25, 0.3) is 0 Å². The molecule has 124 valence electrons. The van der Waals surface area contributed by atoms with Crippen LogP contribution in [-0.4, -0.2) is 24.8 Å². The molecule has 0 radical (unpaired) electrons. The fourth-order valence-corrected chi connectivity index (χ4v) is 3.91. The Kier molecular flexibility index (Phi) is 4.25. The molecule has 4 rings (SSSR count). The molecule has 1 aromatic carbocycles. The Bertz CT molecular complexity index is 583. The topological polar surface area (TPSA) is 50.4 Å². The maximum absolute atomic E-state index is 12.1. The molecule has 4 heteroatoms. The number of rotatable bonds is 4. The minimum Gasteiger partial charge on any atom is -0.378 e. The van der Waals surface area contributed by atoms with Crippen molar-refractivity contribution in [2.24, 2.45) is 5.92 Å². The van der Waals surface area contributed by atoms with E-state index in [-0.39, 0.29) is 12.1 Å². The third-order valence-electron chi connectivity index (χ3n) is 5.41. The van der Waals surface area contributed by atoms with E-state index in [9.17, 15) is 4.79 Å². The highest BCUT2D eigenvalue weighted by atomic mass is 16.5. The summed E-state index contributed by atoms with van der Waals surface area (Å²) < 4.78 is 5.81. The van der Waals surface area contributed by atoms with Gasteiger partial charge in [0, 0.05) is 19.2 Å². The summed E-state index contributed by atoms with van der Waals surface area (Å²) in [6.07, 6.45) is 8.50. The molecule has 0 aromatic heterocycles. The van der Waals surface area contributed by atoms with E-state index in [0.717, 1.165) is 25.4 Å². The van der Waals surface area contributed by atoms with Crippen molar-refractivity contribution in [2.75, 3.05) is 6.61 Å². The van der Waals surface area contributed by atoms with Crippen molar-refractivity contribution < 1.29 is 9.53 Å². The van der Waals surface area contributed by atoms with Gasteiger partial charge in [0.15, 0.2) is 0 Å². The Labute approximate surface area is 138 Å². The van der Waals surface area contributed by atoms with Gasteiger partial charge in [-0.3, -0.25) is 0 Å². The number of benzene rings is 1. The van der Waals surface area contributed by atoms with Crippen LogP contribution in [0.3, 0.4) is 0 Å². The first-order valence-corrected chi connectivity index (χ1v) is 9.04. The van der Waals surface area contributed by atoms with Crippen LogP contribution in [0.15, 0.2) is 18.2 Å². The zero-order valence-electron chi connectivity index (χ0n) is 13.6. The van der Waals surface area contributed by atoms with E-state index in [0.29, 0.717) is 12.6 Å². The van der Waals surface area contributed by atoms with Crippen LogP contribution in [0, 0.1) is 5.92 Å². The second-order valence-electron chi connectivity index (χ2n) is 7.25. The van der Waals surface area contributed by atoms with Crippen LogP contribution < -0.4 is 10.6 Å². The number of carbonyl (C=O) groups is 1. The molecule has 2 aliphatic carbocycles. The summed E-state index contributed by atoms with van der Waals surface area (Å²) in [4.78, 5) is 12.1. The molecule has 1 aliphatic heterocycles. The molecule has 1 aromatic rings. The van der Waals surface area contributed by atoms with E-state index < -0.39 is 0 Å². The maximum atomic E-state index is 12.1. The van der Waals surface area contributed by atoms with Crippen molar-refractivity contribution in [1.29, 1.82) is 0 Å². The van der Waals surface area contributed by atoms with Gasteiger partial charge < -0.3 is 15.4 Å². The SMILES string of the molecule is O=C(NCc1ccc2c(c1)CCC2)N[C@@H]1CCO[C@H](C2CC2)C1. The number of aryl methyl sites for hydroxylation is 2. The first kappa shape index (κ1) is 15.0. The van der Waals surface area contributed by atoms with Crippen LogP contribution in [0.2, 0.25) is 0 Å². The average molecular weight is 314 g/mol. The lowest BCUT2D eigenvalue weighted by atomic mass is 10.0. The van der Waals surface area contributed by atoms with Gasteiger partial charge in [-0.1, -0.05) is 18.2 Å². The van der Waals surface area contributed by atoms with Crippen molar-refractivity contribution >= 4 is 6.03 Å². The van der Waals surface area contributed by atoms with Gasteiger partial charge >= 0.3 is 6.03 Å². The van der Waals surface area contributed by atoms with Gasteiger partial charge in [-0.05, 0) is 67.6 Å². The van der Waals surface area contributed by atoms with Gasteiger partial charge in [0.2, 0.25) is 0 Å². The molecule has 3 aliphatic rings. The van der Waals surface area contributed by atoms with Crippen LogP contribution in [0.4, 0.5) is 4.79 Å². The molecule has 2 atom stereocenters. The van der Waals surface area contributed by atoms with E-state index in [1.165, 1.54) is 48.8 Å². The van der Waals surface area contributed by atoms with E-state index >= 15 is 0 Å². The summed E-state index contributed by atoms with van der Waals surface area (Å²) in [5, 5.41) is 6.13. The number of urea groups is 1. The molecule has 23 heavy (non-hydrogen) atoms. The molecule has 2 fully saturated rings. The molecule has 1 saturated heterocycles. The third-order valence-corrected chi connectivity index (χ3v) is 5.41. The normalized spacial score (nSPS) is 26.6. The molecular formula is C19H26N2O2. The summed E-state index contributed by atoms with van der Waals surface area (Å²) in [6, 6.07) is 6.82. The number of hydrogen-bond donors (Lipinski definition) is 2. The van der Waals surface area contributed by atoms with E-state index in [1.807, 2.05) is 0 Å². The van der Waals surface area contributed by atoms with Crippen molar-refractivity contribution in [3.05, 3.63) is 34.9 Å². The highest BCUT2D eigenvalue weighted by molar-refractivity contribution is 5.74. The molecule has 0 unspecified atom stereocenters. The monoisotopic (exact) mass is 314 g/mol. The van der Waals surface area contributed by atoms with E-state index in [4.69, 9.17) is 4.74 Å². The summed E-state index contributed by atoms with van der Waals surface area (Å²) >= 11 is 0. The third kappa shape index (κ3) is 3.69. The second-order valence-corrected chi connectivity index (χ2v) is 7.25. The van der Waals surface area contributed by atoms with Gasteiger partial charge in [-0.25, -0.2) is 4.79 Å². The lowest BCUT2D eigenvalue weighted by Crippen LogP contribution is -2.46. The van der Waals surface area contributed by atoms with E-state index in [2.05, 4.69) is 28.8 Å². The van der Waals surface area contributed by atoms with E-state index in [1.54, 1.807) is 0 Å². The van der Waals surface area contributed by atoms with Gasteiger partial charge in [-0.2, -0.15) is 0 Å². The zero-order valence-corrected chi connectivity index (χ0v) is 13.6. The Morgan fingerprint density at radius 1 is 1.17 bits per heavy atom. The molecule has 1 saturated carbocycles. The standard InChI is InChI=1S/C19H26N2O2/c22-19(21-17-8-9-23-18(11-17)15-6-7-15)20-12-13-4-5-14-2-1-3-16(14)10-13/h4-5,10,15,17-18H,1-3,6-9,11-12H2,(H2,20,21,22)/t17-,18+/m1/s1. The summed E-state index contributed by atoms with van der Waals surface area (Å²) in [6.45, 7) is 1.38. The second kappa shape index (κ2) is 6.52. The predicted molar refractivity (Wildman–Crippen MR) is 89.3 cm³/mol. The zero-order chi connectivity index (χ0) is 15.6. The lowest BCUT2D eigenvalue weighted by Gasteiger charge is -2.30. The van der Waals surface area contributed by atoms with Crippen LogP contribution >= 0.6 is 0 Å². The van der Waals surface area contributed by atoms with Gasteiger partial charge in [0.05, 0.1) is 6.10 Å². The number of amides is 2. The predicted octanol–water partition coefficient (Wildman–Crippen LogP) is 2.93. The number of ether oxygens (including phenoxy) is 1. The maximum Gasteiger partial charge on any atom is 0.315 e. The highest BCUT2D eigenvalue weighted by Crippen LogP contribution is 2.38. The lowest BCUT2D eigenvalue weighted by molar-refractivity contribution is -0.00914. The first-order valence-electron chi connectivity index (χ1n) is 9.04. The molecule has 2 N–H and O–H groups in total. The summed E-state index contributed by atoms with van der Waals surface area (Å²) in [5.74, 6) is 0.745. The Morgan fingerprint density at radius 2 is 2.04 bits per heavy atom. The fourth-order valence-electron chi connectivity index (χ4n) is 3.91. The molecule has 0 bridgehead atoms. The minimum absolute atomic E-state index is 0.0491. The Morgan fingerprint density at radius 3 is 2.91 bits per heavy atom. The molecule has 4 nitrogen and oxygen atoms in total. The molecule has 2 amide bonds. The average Bonchev–Trinajstić information content (AvgIpc) is 3.31.